The van der Waals surface area contributed by atoms with Crippen molar-refractivity contribution in [2.75, 3.05) is 24.6 Å². The molecule has 8 heteroatoms. The number of nitrogens with zero attached hydrogens (tertiary/aromatic N) is 3. The zero-order valence-corrected chi connectivity index (χ0v) is 13.9. The maximum atomic E-state index is 12.8. The van der Waals surface area contributed by atoms with Crippen molar-refractivity contribution in [1.29, 1.82) is 0 Å². The lowest BCUT2D eigenvalue weighted by molar-refractivity contribution is 0.171. The van der Waals surface area contributed by atoms with Gasteiger partial charge < -0.3 is 9.47 Å². The molecular weight excluding hydrogens is 318 g/mol. The summed E-state index contributed by atoms with van der Waals surface area (Å²) in [6, 6.07) is 6.33. The van der Waals surface area contributed by atoms with Crippen LogP contribution in [0, 0.1) is 13.8 Å². The van der Waals surface area contributed by atoms with Crippen LogP contribution in [0.1, 0.15) is 11.4 Å². The standard InChI is InChI=1S/C15H17N3O4S/c1-10-8-11(2)17-15(16-10)18(3)23(19,20)12-4-5-13-14(9-12)22-7-6-21-13/h4-5,8-9H,6-7H2,1-3H3. The van der Waals surface area contributed by atoms with Crippen molar-refractivity contribution < 1.29 is 17.9 Å². The highest BCUT2D eigenvalue weighted by Crippen LogP contribution is 2.33. The molecule has 0 saturated heterocycles. The van der Waals surface area contributed by atoms with Crippen LogP contribution >= 0.6 is 0 Å². The maximum Gasteiger partial charge on any atom is 0.266 e. The summed E-state index contributed by atoms with van der Waals surface area (Å²) < 4.78 is 37.5. The van der Waals surface area contributed by atoms with Gasteiger partial charge >= 0.3 is 0 Å². The Kier molecular flexibility index (Phi) is 3.85. The molecule has 0 N–H and O–H groups in total. The fraction of sp³-hybridized carbons (Fsp3) is 0.333. The van der Waals surface area contributed by atoms with Gasteiger partial charge in [0.15, 0.2) is 11.5 Å². The third-order valence-electron chi connectivity index (χ3n) is 3.42. The number of benzene rings is 1. The van der Waals surface area contributed by atoms with E-state index in [2.05, 4.69) is 9.97 Å². The summed E-state index contributed by atoms with van der Waals surface area (Å²) in [6.07, 6.45) is 0. The van der Waals surface area contributed by atoms with E-state index in [0.717, 1.165) is 4.31 Å². The number of ether oxygens (including phenoxy) is 2. The van der Waals surface area contributed by atoms with E-state index in [1.54, 1.807) is 26.0 Å². The summed E-state index contributed by atoms with van der Waals surface area (Å²) in [5.41, 5.74) is 1.41. The smallest absolute Gasteiger partial charge is 0.266 e. The molecule has 1 aliphatic heterocycles. The third-order valence-corrected chi connectivity index (χ3v) is 5.16. The van der Waals surface area contributed by atoms with Gasteiger partial charge in [0, 0.05) is 24.5 Å². The molecule has 0 atom stereocenters. The summed E-state index contributed by atoms with van der Waals surface area (Å²) in [5.74, 6) is 1.10. The van der Waals surface area contributed by atoms with Crippen molar-refractivity contribution >= 4 is 16.0 Å². The topological polar surface area (TPSA) is 81.6 Å². The van der Waals surface area contributed by atoms with Crippen LogP contribution < -0.4 is 13.8 Å². The monoisotopic (exact) mass is 335 g/mol. The summed E-state index contributed by atoms with van der Waals surface area (Å²) in [5, 5.41) is 0. The van der Waals surface area contributed by atoms with Gasteiger partial charge in [0.1, 0.15) is 13.2 Å². The summed E-state index contributed by atoms with van der Waals surface area (Å²) in [4.78, 5) is 8.49. The Morgan fingerprint density at radius 3 is 2.26 bits per heavy atom. The van der Waals surface area contributed by atoms with E-state index in [1.807, 2.05) is 0 Å². The van der Waals surface area contributed by atoms with E-state index in [-0.39, 0.29) is 10.8 Å². The van der Waals surface area contributed by atoms with Crippen LogP contribution in [-0.2, 0) is 10.0 Å². The lowest BCUT2D eigenvalue weighted by Gasteiger charge is -2.21. The molecule has 0 fully saturated rings. The predicted octanol–water partition coefficient (Wildman–Crippen LogP) is 1.69. The van der Waals surface area contributed by atoms with Gasteiger partial charge in [-0.2, -0.15) is 0 Å². The van der Waals surface area contributed by atoms with Crippen LogP contribution in [0.3, 0.4) is 0 Å². The summed E-state index contributed by atoms with van der Waals surface area (Å²) in [6.45, 7) is 4.44. The Bertz CT molecular complexity index is 832. The average molecular weight is 335 g/mol. The van der Waals surface area contributed by atoms with Gasteiger partial charge in [-0.1, -0.05) is 0 Å². The van der Waals surface area contributed by atoms with Crippen LogP contribution in [-0.4, -0.2) is 38.6 Å². The summed E-state index contributed by atoms with van der Waals surface area (Å²) in [7, 11) is -2.36. The maximum absolute atomic E-state index is 12.8. The Morgan fingerprint density at radius 1 is 1.00 bits per heavy atom. The Labute approximate surface area is 134 Å². The largest absolute Gasteiger partial charge is 0.486 e. The van der Waals surface area contributed by atoms with Crippen molar-refractivity contribution in [1.82, 2.24) is 9.97 Å². The Balaban J connectivity index is 2.00. The minimum atomic E-state index is -3.79. The van der Waals surface area contributed by atoms with Gasteiger partial charge in [0.05, 0.1) is 4.90 Å². The van der Waals surface area contributed by atoms with Crippen LogP contribution in [0.25, 0.3) is 0 Å². The number of hydrogen-bond acceptors (Lipinski definition) is 6. The van der Waals surface area contributed by atoms with Crippen molar-refractivity contribution in [3.8, 4) is 11.5 Å². The number of rotatable bonds is 3. The fourth-order valence-corrected chi connectivity index (χ4v) is 3.41. The fourth-order valence-electron chi connectivity index (χ4n) is 2.30. The number of aryl methyl sites for hydroxylation is 2. The van der Waals surface area contributed by atoms with Crippen LogP contribution in [0.5, 0.6) is 11.5 Å². The van der Waals surface area contributed by atoms with E-state index in [0.29, 0.717) is 36.1 Å². The SMILES string of the molecule is Cc1cc(C)nc(N(C)S(=O)(=O)c2ccc3c(c2)OCCO3)n1. The number of aromatic nitrogens is 2. The lowest BCUT2D eigenvalue weighted by atomic mass is 10.3. The minimum absolute atomic E-state index is 0.104. The molecule has 0 bridgehead atoms. The van der Waals surface area contributed by atoms with Crippen LogP contribution in [0.2, 0.25) is 0 Å². The van der Waals surface area contributed by atoms with Gasteiger partial charge in [-0.15, -0.1) is 0 Å². The van der Waals surface area contributed by atoms with Crippen LogP contribution in [0.15, 0.2) is 29.2 Å². The average Bonchev–Trinajstić information content (AvgIpc) is 2.52. The first kappa shape index (κ1) is 15.5. The molecule has 0 amide bonds. The molecule has 0 saturated carbocycles. The number of fused-ring (bicyclic) bond motifs is 1. The molecule has 1 aromatic heterocycles. The molecule has 0 aliphatic carbocycles. The van der Waals surface area contributed by atoms with E-state index in [9.17, 15) is 8.42 Å². The van der Waals surface area contributed by atoms with Crippen molar-refractivity contribution in [2.45, 2.75) is 18.7 Å². The van der Waals surface area contributed by atoms with E-state index in [1.165, 1.54) is 19.2 Å². The van der Waals surface area contributed by atoms with Gasteiger partial charge in [-0.25, -0.2) is 22.7 Å². The molecule has 7 nitrogen and oxygen atoms in total. The molecule has 0 unspecified atom stereocenters. The first-order chi connectivity index (χ1) is 10.9. The van der Waals surface area contributed by atoms with E-state index >= 15 is 0 Å². The van der Waals surface area contributed by atoms with Gasteiger partial charge in [-0.3, -0.25) is 0 Å². The van der Waals surface area contributed by atoms with Crippen LogP contribution in [0.4, 0.5) is 5.95 Å². The normalized spacial score (nSPS) is 13.7. The zero-order valence-electron chi connectivity index (χ0n) is 13.1. The van der Waals surface area contributed by atoms with Crippen molar-refractivity contribution in [3.05, 3.63) is 35.7 Å². The highest BCUT2D eigenvalue weighted by Gasteiger charge is 2.26. The minimum Gasteiger partial charge on any atom is -0.486 e. The Hall–Kier alpha value is -2.35. The molecule has 122 valence electrons. The number of sulfonamides is 1. The summed E-state index contributed by atoms with van der Waals surface area (Å²) >= 11 is 0. The highest BCUT2D eigenvalue weighted by atomic mass is 32.2. The van der Waals surface area contributed by atoms with E-state index < -0.39 is 10.0 Å². The molecule has 23 heavy (non-hydrogen) atoms. The molecule has 2 heterocycles. The second-order valence-electron chi connectivity index (χ2n) is 5.23. The third kappa shape index (κ3) is 2.94. The van der Waals surface area contributed by atoms with Crippen molar-refractivity contribution in [2.24, 2.45) is 0 Å². The van der Waals surface area contributed by atoms with Gasteiger partial charge in [0.2, 0.25) is 5.95 Å². The second-order valence-corrected chi connectivity index (χ2v) is 7.20. The molecule has 0 radical (unpaired) electrons. The first-order valence-corrected chi connectivity index (χ1v) is 8.53. The lowest BCUT2D eigenvalue weighted by Crippen LogP contribution is -2.29. The second kappa shape index (κ2) is 5.69. The molecule has 1 aromatic carbocycles. The molecule has 0 spiro atoms. The van der Waals surface area contributed by atoms with Gasteiger partial charge in [0.25, 0.3) is 10.0 Å². The van der Waals surface area contributed by atoms with Gasteiger partial charge in [-0.05, 0) is 32.0 Å². The molecule has 2 aromatic rings. The molecule has 1 aliphatic rings. The number of hydrogen-bond donors (Lipinski definition) is 0. The molecular formula is C15H17N3O4S. The first-order valence-electron chi connectivity index (χ1n) is 7.09. The highest BCUT2D eigenvalue weighted by molar-refractivity contribution is 7.92. The van der Waals surface area contributed by atoms with Crippen molar-refractivity contribution in [3.63, 3.8) is 0 Å². The Morgan fingerprint density at radius 2 is 1.61 bits per heavy atom. The van der Waals surface area contributed by atoms with E-state index in [4.69, 9.17) is 9.47 Å². The quantitative estimate of drug-likeness (QED) is 0.849. The molecule has 3 rings (SSSR count). The zero-order chi connectivity index (χ0) is 16.6. The number of anilines is 1. The predicted molar refractivity (Wildman–Crippen MR) is 84.5 cm³/mol.